The third-order valence-corrected chi connectivity index (χ3v) is 6.65. The summed E-state index contributed by atoms with van der Waals surface area (Å²) in [5, 5.41) is 4.65. The van der Waals surface area contributed by atoms with Crippen molar-refractivity contribution in [3.05, 3.63) is 76.3 Å². The van der Waals surface area contributed by atoms with Gasteiger partial charge in [0.1, 0.15) is 24.9 Å². The van der Waals surface area contributed by atoms with Crippen LogP contribution in [0.5, 0.6) is 5.75 Å². The molecule has 0 unspecified atom stereocenters. The molecule has 1 aliphatic rings. The predicted molar refractivity (Wildman–Crippen MR) is 128 cm³/mol. The average molecular weight is 575 g/mol. The highest BCUT2D eigenvalue weighted by molar-refractivity contribution is 6.35. The van der Waals surface area contributed by atoms with Crippen molar-refractivity contribution >= 4 is 35.1 Å². The number of rotatable bonds is 8. The highest BCUT2D eigenvalue weighted by atomic mass is 35.5. The van der Waals surface area contributed by atoms with Crippen molar-refractivity contribution < 1.29 is 36.6 Å². The zero-order valence-corrected chi connectivity index (χ0v) is 21.2. The molecule has 38 heavy (non-hydrogen) atoms. The van der Waals surface area contributed by atoms with Crippen molar-refractivity contribution in [3.8, 4) is 5.75 Å². The molecule has 1 fully saturated rings. The molecule has 4 rings (SSSR count). The molecule has 8 nitrogen and oxygen atoms in total. The van der Waals surface area contributed by atoms with Crippen LogP contribution in [0.4, 0.5) is 17.6 Å². The van der Waals surface area contributed by atoms with E-state index in [9.17, 15) is 27.2 Å². The third-order valence-electron chi connectivity index (χ3n) is 6.10. The van der Waals surface area contributed by atoms with Crippen LogP contribution in [-0.4, -0.2) is 63.1 Å². The van der Waals surface area contributed by atoms with Crippen LogP contribution < -0.4 is 4.74 Å². The van der Waals surface area contributed by atoms with Gasteiger partial charge in [0, 0.05) is 21.2 Å². The molecular formula is C24H20Cl2F4N4O4. The summed E-state index contributed by atoms with van der Waals surface area (Å²) in [5.41, 5.74) is -0.998. The Bertz CT molecular complexity index is 1310. The zero-order valence-electron chi connectivity index (χ0n) is 19.7. The van der Waals surface area contributed by atoms with Crippen LogP contribution >= 0.6 is 23.2 Å². The molecule has 14 heteroatoms. The minimum absolute atomic E-state index is 0.0316. The standard InChI is InChI=1S/C24H20Cl2F4N4O4/c1-14-23(10-33-13-31-12-32-33,18-7-4-16(25)8-19(18)26)38-20(35)9-34(14)21(36)15-2-5-17(6-3-15)37-11-24(29,30)22(27)28/h2-8,12-14,22H,9-11H2,1H3/t14-,23-/m0/s1. The first kappa shape index (κ1) is 27.6. The molecule has 1 saturated heterocycles. The number of benzene rings is 2. The quantitative estimate of drug-likeness (QED) is 0.282. The van der Waals surface area contributed by atoms with E-state index in [1.165, 1.54) is 52.6 Å². The van der Waals surface area contributed by atoms with Gasteiger partial charge in [0.2, 0.25) is 0 Å². The maximum Gasteiger partial charge on any atom is 0.340 e. The lowest BCUT2D eigenvalue weighted by molar-refractivity contribution is -0.186. The second-order valence-corrected chi connectivity index (χ2v) is 9.41. The number of alkyl halides is 4. The van der Waals surface area contributed by atoms with Gasteiger partial charge >= 0.3 is 18.3 Å². The highest BCUT2D eigenvalue weighted by Gasteiger charge is 2.52. The second kappa shape index (κ2) is 10.8. The number of ether oxygens (including phenoxy) is 2. The van der Waals surface area contributed by atoms with Crippen LogP contribution in [0.1, 0.15) is 22.8 Å². The maximum atomic E-state index is 13.5. The Balaban J connectivity index is 1.64. The third kappa shape index (κ3) is 5.56. The monoisotopic (exact) mass is 574 g/mol. The topological polar surface area (TPSA) is 86.5 Å². The lowest BCUT2D eigenvalue weighted by atomic mass is 9.84. The predicted octanol–water partition coefficient (Wildman–Crippen LogP) is 4.85. The summed E-state index contributed by atoms with van der Waals surface area (Å²) >= 11 is 12.6. The molecule has 0 radical (unpaired) electrons. The van der Waals surface area contributed by atoms with E-state index in [1.54, 1.807) is 19.1 Å². The Kier molecular flexibility index (Phi) is 7.84. The number of esters is 1. The molecule has 3 aromatic rings. The fourth-order valence-electron chi connectivity index (χ4n) is 4.12. The van der Waals surface area contributed by atoms with Gasteiger partial charge in [-0.2, -0.15) is 13.9 Å². The largest absolute Gasteiger partial charge is 0.487 e. The van der Waals surface area contributed by atoms with Crippen molar-refractivity contribution in [2.75, 3.05) is 13.2 Å². The number of hydrogen-bond acceptors (Lipinski definition) is 6. The lowest BCUT2D eigenvalue weighted by Crippen LogP contribution is -2.61. The Morgan fingerprint density at radius 2 is 1.95 bits per heavy atom. The molecule has 2 heterocycles. The first-order chi connectivity index (χ1) is 17.9. The van der Waals surface area contributed by atoms with Crippen molar-refractivity contribution in [2.24, 2.45) is 0 Å². The van der Waals surface area contributed by atoms with Gasteiger partial charge in [-0.05, 0) is 43.3 Å². The molecule has 0 spiro atoms. The van der Waals surface area contributed by atoms with E-state index in [-0.39, 0.29) is 29.4 Å². The SMILES string of the molecule is C[C@@H]1N(C(=O)c2ccc(OCC(F)(F)C(F)F)cc2)CC(=O)O[C@]1(Cn1cncn1)c1ccc(Cl)cc1Cl. The minimum atomic E-state index is -4.32. The molecule has 1 aromatic heterocycles. The Morgan fingerprint density at radius 3 is 2.55 bits per heavy atom. The first-order valence-corrected chi connectivity index (χ1v) is 11.9. The first-order valence-electron chi connectivity index (χ1n) is 11.1. The molecule has 202 valence electrons. The number of aromatic nitrogens is 3. The van der Waals surface area contributed by atoms with Gasteiger partial charge in [-0.1, -0.05) is 29.3 Å². The van der Waals surface area contributed by atoms with Crippen molar-refractivity contribution in [1.29, 1.82) is 0 Å². The average Bonchev–Trinajstić information content (AvgIpc) is 3.37. The maximum absolute atomic E-state index is 13.5. The summed E-state index contributed by atoms with van der Waals surface area (Å²) in [4.78, 5) is 31.6. The Hall–Kier alpha value is -3.38. The van der Waals surface area contributed by atoms with Gasteiger partial charge in [-0.3, -0.25) is 9.59 Å². The fraction of sp³-hybridized carbons (Fsp3) is 0.333. The van der Waals surface area contributed by atoms with E-state index >= 15 is 0 Å². The molecule has 0 aliphatic carbocycles. The van der Waals surface area contributed by atoms with Crippen molar-refractivity contribution in [1.82, 2.24) is 19.7 Å². The number of carbonyl (C=O) groups is 2. The van der Waals surface area contributed by atoms with Crippen LogP contribution in [0.15, 0.2) is 55.1 Å². The zero-order chi connectivity index (χ0) is 27.7. The summed E-state index contributed by atoms with van der Waals surface area (Å²) in [6.45, 7) is -0.269. The number of hydrogen-bond donors (Lipinski definition) is 0. The number of cyclic esters (lactones) is 1. The van der Waals surface area contributed by atoms with Crippen LogP contribution in [0.25, 0.3) is 0 Å². The van der Waals surface area contributed by atoms with Gasteiger partial charge in [0.25, 0.3) is 5.91 Å². The number of carbonyl (C=O) groups excluding carboxylic acids is 2. The Morgan fingerprint density at radius 1 is 1.24 bits per heavy atom. The van der Waals surface area contributed by atoms with Crippen molar-refractivity contribution in [2.45, 2.75) is 37.5 Å². The molecule has 2 atom stereocenters. The van der Waals surface area contributed by atoms with Crippen LogP contribution in [0.2, 0.25) is 10.0 Å². The summed E-state index contributed by atoms with van der Waals surface area (Å²) in [7, 11) is 0. The highest BCUT2D eigenvalue weighted by Crippen LogP contribution is 2.42. The lowest BCUT2D eigenvalue weighted by Gasteiger charge is -2.47. The number of amides is 1. The number of morpholine rings is 1. The minimum Gasteiger partial charge on any atom is -0.487 e. The summed E-state index contributed by atoms with van der Waals surface area (Å²) < 4.78 is 63.1. The van der Waals surface area contributed by atoms with Gasteiger partial charge in [0.15, 0.2) is 12.2 Å². The van der Waals surface area contributed by atoms with E-state index in [0.29, 0.717) is 10.6 Å². The van der Waals surface area contributed by atoms with E-state index in [4.69, 9.17) is 32.7 Å². The fourth-order valence-corrected chi connectivity index (χ4v) is 4.68. The summed E-state index contributed by atoms with van der Waals surface area (Å²) in [6, 6.07) is 8.82. The molecule has 0 N–H and O–H groups in total. The molecule has 1 amide bonds. The van der Waals surface area contributed by atoms with Gasteiger partial charge in [-0.25, -0.2) is 18.4 Å². The smallest absolute Gasteiger partial charge is 0.340 e. The summed E-state index contributed by atoms with van der Waals surface area (Å²) in [5.74, 6) is -5.75. The van der Waals surface area contributed by atoms with Crippen LogP contribution in [-0.2, 0) is 21.7 Å². The van der Waals surface area contributed by atoms with E-state index in [0.717, 1.165) is 0 Å². The molecule has 0 saturated carbocycles. The van der Waals surface area contributed by atoms with Gasteiger partial charge < -0.3 is 14.4 Å². The summed E-state index contributed by atoms with van der Waals surface area (Å²) in [6.07, 6.45) is -1.16. The van der Waals surface area contributed by atoms with E-state index in [1.807, 2.05) is 0 Å². The molecular weight excluding hydrogens is 555 g/mol. The molecule has 0 bridgehead atoms. The van der Waals surface area contributed by atoms with Crippen LogP contribution in [0.3, 0.4) is 0 Å². The van der Waals surface area contributed by atoms with E-state index in [2.05, 4.69) is 10.1 Å². The number of halogens is 6. The van der Waals surface area contributed by atoms with Gasteiger partial charge in [-0.15, -0.1) is 0 Å². The normalized spacial score (nSPS) is 19.9. The van der Waals surface area contributed by atoms with Gasteiger partial charge in [0.05, 0.1) is 12.6 Å². The second-order valence-electron chi connectivity index (χ2n) is 8.56. The van der Waals surface area contributed by atoms with E-state index < -0.39 is 42.5 Å². The van der Waals surface area contributed by atoms with Crippen molar-refractivity contribution in [3.63, 3.8) is 0 Å². The number of nitrogens with zero attached hydrogens (tertiary/aromatic N) is 4. The Labute approximate surface area is 224 Å². The molecule has 1 aliphatic heterocycles. The van der Waals surface area contributed by atoms with Crippen LogP contribution in [0, 0.1) is 0 Å². The molecule has 2 aromatic carbocycles.